The molecular formula is C14H12ClN3O. The van der Waals surface area contributed by atoms with Gasteiger partial charge >= 0.3 is 0 Å². The van der Waals surface area contributed by atoms with Gasteiger partial charge in [-0.05, 0) is 36.8 Å². The molecule has 19 heavy (non-hydrogen) atoms. The summed E-state index contributed by atoms with van der Waals surface area (Å²) >= 11 is 6.05. The van der Waals surface area contributed by atoms with E-state index in [0.29, 0.717) is 22.2 Å². The Balaban J connectivity index is 2.34. The fraction of sp³-hybridized carbons (Fsp3) is 0.143. The molecule has 0 aliphatic carbocycles. The molecule has 0 radical (unpaired) electrons. The normalized spacial score (nSPS) is 9.79. The van der Waals surface area contributed by atoms with E-state index in [4.69, 9.17) is 21.6 Å². The topological polar surface area (TPSA) is 57.9 Å². The summed E-state index contributed by atoms with van der Waals surface area (Å²) in [6.07, 6.45) is 1.66. The first kappa shape index (κ1) is 13.2. The van der Waals surface area contributed by atoms with Crippen LogP contribution in [0, 0.1) is 18.3 Å². The van der Waals surface area contributed by atoms with Crippen LogP contribution in [-0.4, -0.2) is 12.1 Å². The van der Waals surface area contributed by atoms with E-state index >= 15 is 0 Å². The zero-order valence-electron chi connectivity index (χ0n) is 10.6. The van der Waals surface area contributed by atoms with Gasteiger partial charge in [0.1, 0.15) is 17.6 Å². The van der Waals surface area contributed by atoms with Crippen molar-refractivity contribution in [3.63, 3.8) is 0 Å². The number of hydrogen-bond donors (Lipinski definition) is 1. The molecule has 5 heteroatoms. The quantitative estimate of drug-likeness (QED) is 0.927. The number of nitriles is 1. The van der Waals surface area contributed by atoms with Gasteiger partial charge in [-0.2, -0.15) is 5.26 Å². The number of methoxy groups -OCH3 is 1. The van der Waals surface area contributed by atoms with Gasteiger partial charge in [0, 0.05) is 11.9 Å². The fourth-order valence-corrected chi connectivity index (χ4v) is 1.93. The number of aromatic nitrogens is 1. The van der Waals surface area contributed by atoms with Gasteiger partial charge in [-0.3, -0.25) is 0 Å². The number of pyridine rings is 1. The molecule has 1 aromatic heterocycles. The van der Waals surface area contributed by atoms with Crippen LogP contribution in [0.3, 0.4) is 0 Å². The molecule has 2 rings (SSSR count). The molecule has 1 aromatic carbocycles. The summed E-state index contributed by atoms with van der Waals surface area (Å²) in [6, 6.07) is 9.23. The molecule has 0 spiro atoms. The molecule has 0 atom stereocenters. The number of hydrogen-bond acceptors (Lipinski definition) is 4. The van der Waals surface area contributed by atoms with Crippen molar-refractivity contribution in [3.8, 4) is 11.8 Å². The van der Waals surface area contributed by atoms with Crippen LogP contribution in [0.2, 0.25) is 5.02 Å². The Morgan fingerprint density at radius 2 is 2.16 bits per heavy atom. The predicted octanol–water partition coefficient (Wildman–Crippen LogP) is 3.67. The molecule has 0 amide bonds. The van der Waals surface area contributed by atoms with Crippen LogP contribution in [0.5, 0.6) is 5.75 Å². The molecule has 1 heterocycles. The summed E-state index contributed by atoms with van der Waals surface area (Å²) in [5.74, 6) is 1.12. The average molecular weight is 274 g/mol. The highest BCUT2D eigenvalue weighted by atomic mass is 35.5. The zero-order chi connectivity index (χ0) is 13.8. The SMILES string of the molecule is COc1ccc(Nc2nccc(C)c2C#N)cc1Cl. The van der Waals surface area contributed by atoms with Crippen LogP contribution in [0.15, 0.2) is 30.5 Å². The van der Waals surface area contributed by atoms with Crippen molar-refractivity contribution in [1.29, 1.82) is 5.26 Å². The standard InChI is InChI=1S/C14H12ClN3O/c1-9-5-6-17-14(11(9)8-16)18-10-3-4-13(19-2)12(15)7-10/h3-7H,1-2H3,(H,17,18). The van der Waals surface area contributed by atoms with Crippen LogP contribution in [0.25, 0.3) is 0 Å². The minimum absolute atomic E-state index is 0.499. The molecule has 2 aromatic rings. The van der Waals surface area contributed by atoms with Gasteiger partial charge in [-0.25, -0.2) is 4.98 Å². The Labute approximate surface area is 116 Å². The minimum atomic E-state index is 0.499. The molecule has 0 bridgehead atoms. The zero-order valence-corrected chi connectivity index (χ0v) is 11.3. The van der Waals surface area contributed by atoms with E-state index in [9.17, 15) is 0 Å². The Hall–Kier alpha value is -2.25. The van der Waals surface area contributed by atoms with Crippen molar-refractivity contribution >= 4 is 23.1 Å². The van der Waals surface area contributed by atoms with E-state index in [1.165, 1.54) is 0 Å². The number of aryl methyl sites for hydroxylation is 1. The average Bonchev–Trinajstić information content (AvgIpc) is 2.39. The number of benzene rings is 1. The fourth-order valence-electron chi connectivity index (χ4n) is 1.68. The third-order valence-corrected chi connectivity index (χ3v) is 2.98. The van der Waals surface area contributed by atoms with Gasteiger partial charge < -0.3 is 10.1 Å². The van der Waals surface area contributed by atoms with E-state index in [2.05, 4.69) is 16.4 Å². The predicted molar refractivity (Wildman–Crippen MR) is 75.0 cm³/mol. The lowest BCUT2D eigenvalue weighted by Crippen LogP contribution is -1.98. The van der Waals surface area contributed by atoms with Gasteiger partial charge in [0.25, 0.3) is 0 Å². The second-order valence-corrected chi connectivity index (χ2v) is 4.34. The summed E-state index contributed by atoms with van der Waals surface area (Å²) in [4.78, 5) is 4.17. The number of ether oxygens (including phenoxy) is 1. The summed E-state index contributed by atoms with van der Waals surface area (Å²) in [5, 5.41) is 12.7. The lowest BCUT2D eigenvalue weighted by molar-refractivity contribution is 0.415. The van der Waals surface area contributed by atoms with Crippen molar-refractivity contribution in [2.45, 2.75) is 6.92 Å². The molecule has 0 fully saturated rings. The lowest BCUT2D eigenvalue weighted by atomic mass is 10.1. The van der Waals surface area contributed by atoms with Crippen molar-refractivity contribution < 1.29 is 4.74 Å². The number of halogens is 1. The van der Waals surface area contributed by atoms with Gasteiger partial charge in [0.05, 0.1) is 17.7 Å². The van der Waals surface area contributed by atoms with E-state index < -0.39 is 0 Å². The second kappa shape index (κ2) is 5.59. The molecule has 0 saturated carbocycles. The van der Waals surface area contributed by atoms with Gasteiger partial charge in [-0.15, -0.1) is 0 Å². The van der Waals surface area contributed by atoms with Gasteiger partial charge in [0.15, 0.2) is 0 Å². The van der Waals surface area contributed by atoms with E-state index in [1.807, 2.05) is 13.0 Å². The van der Waals surface area contributed by atoms with E-state index in [0.717, 1.165) is 11.3 Å². The minimum Gasteiger partial charge on any atom is -0.495 e. The Bertz CT molecular complexity index is 650. The second-order valence-electron chi connectivity index (χ2n) is 3.94. The highest BCUT2D eigenvalue weighted by Crippen LogP contribution is 2.29. The first-order chi connectivity index (χ1) is 9.15. The smallest absolute Gasteiger partial charge is 0.148 e. The van der Waals surface area contributed by atoms with Crippen LogP contribution in [-0.2, 0) is 0 Å². The molecule has 0 aliphatic rings. The van der Waals surface area contributed by atoms with E-state index in [-0.39, 0.29) is 0 Å². The molecule has 96 valence electrons. The molecule has 0 unspecified atom stereocenters. The molecule has 1 N–H and O–H groups in total. The molecule has 0 aliphatic heterocycles. The summed E-state index contributed by atoms with van der Waals surface area (Å²) in [5.41, 5.74) is 2.15. The van der Waals surface area contributed by atoms with Crippen molar-refractivity contribution in [3.05, 3.63) is 46.6 Å². The Morgan fingerprint density at radius 3 is 2.79 bits per heavy atom. The Morgan fingerprint density at radius 1 is 1.37 bits per heavy atom. The highest BCUT2D eigenvalue weighted by molar-refractivity contribution is 6.32. The lowest BCUT2D eigenvalue weighted by Gasteiger charge is -2.10. The first-order valence-electron chi connectivity index (χ1n) is 5.62. The molecule has 0 saturated heterocycles. The third-order valence-electron chi connectivity index (χ3n) is 2.69. The number of nitrogens with zero attached hydrogens (tertiary/aromatic N) is 2. The first-order valence-corrected chi connectivity index (χ1v) is 5.99. The largest absolute Gasteiger partial charge is 0.495 e. The van der Waals surface area contributed by atoms with Crippen LogP contribution < -0.4 is 10.1 Å². The molecule has 4 nitrogen and oxygen atoms in total. The maximum absolute atomic E-state index is 9.14. The van der Waals surface area contributed by atoms with Crippen LogP contribution in [0.1, 0.15) is 11.1 Å². The summed E-state index contributed by atoms with van der Waals surface area (Å²) in [7, 11) is 1.56. The van der Waals surface area contributed by atoms with Crippen LogP contribution in [0.4, 0.5) is 11.5 Å². The number of anilines is 2. The third kappa shape index (κ3) is 2.78. The van der Waals surface area contributed by atoms with E-state index in [1.54, 1.807) is 31.5 Å². The number of rotatable bonds is 3. The maximum atomic E-state index is 9.14. The van der Waals surface area contributed by atoms with Crippen LogP contribution >= 0.6 is 11.6 Å². The summed E-state index contributed by atoms with van der Waals surface area (Å²) in [6.45, 7) is 1.87. The van der Waals surface area contributed by atoms with Crippen molar-refractivity contribution in [2.75, 3.05) is 12.4 Å². The highest BCUT2D eigenvalue weighted by Gasteiger charge is 2.08. The Kier molecular flexibility index (Phi) is 3.88. The van der Waals surface area contributed by atoms with Gasteiger partial charge in [-0.1, -0.05) is 11.6 Å². The maximum Gasteiger partial charge on any atom is 0.148 e. The number of nitrogens with one attached hydrogen (secondary N) is 1. The van der Waals surface area contributed by atoms with Crippen molar-refractivity contribution in [1.82, 2.24) is 4.98 Å². The van der Waals surface area contributed by atoms with Crippen molar-refractivity contribution in [2.24, 2.45) is 0 Å². The van der Waals surface area contributed by atoms with Gasteiger partial charge in [0.2, 0.25) is 0 Å². The monoisotopic (exact) mass is 273 g/mol. The molecular weight excluding hydrogens is 262 g/mol. The summed E-state index contributed by atoms with van der Waals surface area (Å²) < 4.78 is 5.09.